The molecule has 9 heteroatoms. The number of nitrogens with zero attached hydrogens (tertiary/aromatic N) is 1. The van der Waals surface area contributed by atoms with Crippen molar-refractivity contribution in [1.29, 1.82) is 0 Å². The molecular formula is C23H49NO6S2. The molecule has 0 spiro atoms. The Morgan fingerprint density at radius 2 is 0.969 bits per heavy atom. The molecule has 0 saturated heterocycles. The SMILES string of the molecule is CC(C)CCN(CC(C)(C)CC(C)(C)CS(=O)(=O)O)CC(C)(C)CC(C)(C)CS(=O)(=O)O. The molecule has 0 fully saturated rings. The van der Waals surface area contributed by atoms with E-state index in [1.54, 1.807) is 0 Å². The van der Waals surface area contributed by atoms with Crippen molar-refractivity contribution < 1.29 is 25.9 Å². The predicted molar refractivity (Wildman–Crippen MR) is 133 cm³/mol. The number of hydrogen-bond donors (Lipinski definition) is 2. The molecule has 0 radical (unpaired) electrons. The zero-order valence-electron chi connectivity index (χ0n) is 22.0. The topological polar surface area (TPSA) is 112 Å². The lowest BCUT2D eigenvalue weighted by Crippen LogP contribution is -2.44. The Morgan fingerprint density at radius 1 is 0.656 bits per heavy atom. The molecule has 0 saturated carbocycles. The van der Waals surface area contributed by atoms with Crippen molar-refractivity contribution in [2.45, 2.75) is 88.5 Å². The third kappa shape index (κ3) is 16.4. The van der Waals surface area contributed by atoms with Crippen LogP contribution < -0.4 is 0 Å². The van der Waals surface area contributed by atoms with E-state index < -0.39 is 31.1 Å². The molecule has 0 unspecified atom stereocenters. The van der Waals surface area contributed by atoms with Gasteiger partial charge in [0.2, 0.25) is 0 Å². The Balaban J connectivity index is 5.51. The van der Waals surface area contributed by atoms with Gasteiger partial charge in [0.15, 0.2) is 0 Å². The van der Waals surface area contributed by atoms with Gasteiger partial charge in [-0.15, -0.1) is 0 Å². The van der Waals surface area contributed by atoms with E-state index in [-0.39, 0.29) is 22.3 Å². The highest BCUT2D eigenvalue weighted by atomic mass is 32.2. The lowest BCUT2D eigenvalue weighted by atomic mass is 9.74. The fourth-order valence-electron chi connectivity index (χ4n) is 5.66. The van der Waals surface area contributed by atoms with Crippen LogP contribution in [0.5, 0.6) is 0 Å². The molecular weight excluding hydrogens is 450 g/mol. The van der Waals surface area contributed by atoms with Gasteiger partial charge >= 0.3 is 0 Å². The van der Waals surface area contributed by atoms with Crippen LogP contribution >= 0.6 is 0 Å². The summed E-state index contributed by atoms with van der Waals surface area (Å²) in [6.07, 6.45) is 2.29. The van der Waals surface area contributed by atoms with Crippen molar-refractivity contribution in [1.82, 2.24) is 4.90 Å². The van der Waals surface area contributed by atoms with E-state index in [1.165, 1.54) is 0 Å². The third-order valence-corrected chi connectivity index (χ3v) is 7.68. The van der Waals surface area contributed by atoms with E-state index >= 15 is 0 Å². The Kier molecular flexibility index (Phi) is 10.9. The van der Waals surface area contributed by atoms with Gasteiger partial charge in [0.25, 0.3) is 20.2 Å². The largest absolute Gasteiger partial charge is 0.302 e. The number of rotatable bonds is 15. The minimum atomic E-state index is -4.05. The Morgan fingerprint density at radius 3 is 1.22 bits per heavy atom. The molecule has 0 rings (SSSR count). The summed E-state index contributed by atoms with van der Waals surface area (Å²) >= 11 is 0. The molecule has 0 atom stereocenters. The summed E-state index contributed by atoms with van der Waals surface area (Å²) in [7, 11) is -8.10. The molecule has 0 aliphatic carbocycles. The molecule has 7 nitrogen and oxygen atoms in total. The molecule has 0 bridgehead atoms. The van der Waals surface area contributed by atoms with Crippen molar-refractivity contribution in [3.8, 4) is 0 Å². The third-order valence-electron chi connectivity index (χ3n) is 5.39. The average Bonchev–Trinajstić information content (AvgIpc) is 2.34. The summed E-state index contributed by atoms with van der Waals surface area (Å²) < 4.78 is 64.4. The smallest absolute Gasteiger partial charge is 0.265 e. The molecule has 0 amide bonds. The fraction of sp³-hybridized carbons (Fsp3) is 1.00. The quantitative estimate of drug-likeness (QED) is 0.305. The van der Waals surface area contributed by atoms with Crippen LogP contribution in [0.3, 0.4) is 0 Å². The molecule has 2 N–H and O–H groups in total. The highest BCUT2D eigenvalue weighted by molar-refractivity contribution is 7.86. The van der Waals surface area contributed by atoms with Crippen LogP contribution in [-0.2, 0) is 20.2 Å². The fourth-order valence-corrected chi connectivity index (χ4v) is 7.84. The van der Waals surface area contributed by atoms with E-state index in [2.05, 4.69) is 46.4 Å². The summed E-state index contributed by atoms with van der Waals surface area (Å²) in [4.78, 5) is 2.40. The molecule has 0 aromatic heterocycles. The lowest BCUT2D eigenvalue weighted by molar-refractivity contribution is 0.0768. The van der Waals surface area contributed by atoms with Crippen molar-refractivity contribution >= 4 is 20.2 Å². The monoisotopic (exact) mass is 499 g/mol. The van der Waals surface area contributed by atoms with Gasteiger partial charge in [0, 0.05) is 13.1 Å². The summed E-state index contributed by atoms with van der Waals surface area (Å²) in [6, 6.07) is 0. The normalized spacial score (nSPS) is 15.1. The lowest BCUT2D eigenvalue weighted by Gasteiger charge is -2.42. The molecule has 0 heterocycles. The van der Waals surface area contributed by atoms with Gasteiger partial charge in [-0.25, -0.2) is 0 Å². The second-order valence-electron chi connectivity index (χ2n) is 13.4. The second-order valence-corrected chi connectivity index (χ2v) is 16.3. The van der Waals surface area contributed by atoms with E-state index in [1.807, 2.05) is 27.7 Å². The summed E-state index contributed by atoms with van der Waals surface area (Å²) in [5, 5.41) is 0. The van der Waals surface area contributed by atoms with Crippen molar-refractivity contribution in [2.75, 3.05) is 31.1 Å². The maximum atomic E-state index is 11.4. The summed E-state index contributed by atoms with van der Waals surface area (Å²) in [6.45, 7) is 22.7. The summed E-state index contributed by atoms with van der Waals surface area (Å²) in [5.41, 5.74) is -1.50. The van der Waals surface area contributed by atoms with E-state index in [4.69, 9.17) is 0 Å². The van der Waals surface area contributed by atoms with Crippen LogP contribution in [-0.4, -0.2) is 62.0 Å². The Labute approximate surface area is 198 Å². The van der Waals surface area contributed by atoms with Crippen LogP contribution in [0.15, 0.2) is 0 Å². The van der Waals surface area contributed by atoms with Crippen molar-refractivity contribution in [3.63, 3.8) is 0 Å². The maximum absolute atomic E-state index is 11.4. The van der Waals surface area contributed by atoms with E-state index in [0.29, 0.717) is 18.8 Å². The van der Waals surface area contributed by atoms with Crippen LogP contribution in [0.4, 0.5) is 0 Å². The van der Waals surface area contributed by atoms with Gasteiger partial charge in [-0.05, 0) is 53.4 Å². The minimum Gasteiger partial charge on any atom is -0.302 e. The average molecular weight is 500 g/mol. The highest BCUT2D eigenvalue weighted by Gasteiger charge is 2.37. The zero-order chi connectivity index (χ0) is 25.8. The van der Waals surface area contributed by atoms with Crippen molar-refractivity contribution in [3.05, 3.63) is 0 Å². The molecule has 0 aliphatic rings. The Bertz CT molecular complexity index is 734. The van der Waals surface area contributed by atoms with E-state index in [9.17, 15) is 25.9 Å². The summed E-state index contributed by atoms with van der Waals surface area (Å²) in [5.74, 6) is -0.00849. The van der Waals surface area contributed by atoms with Gasteiger partial charge in [-0.1, -0.05) is 69.2 Å². The first-order valence-electron chi connectivity index (χ1n) is 11.4. The Hall–Kier alpha value is -0.220. The van der Waals surface area contributed by atoms with Gasteiger partial charge in [0.1, 0.15) is 0 Å². The molecule has 0 aliphatic heterocycles. The van der Waals surface area contributed by atoms with E-state index in [0.717, 1.165) is 26.1 Å². The van der Waals surface area contributed by atoms with Gasteiger partial charge < -0.3 is 4.90 Å². The highest BCUT2D eigenvalue weighted by Crippen LogP contribution is 2.38. The second kappa shape index (κ2) is 11.0. The molecule has 0 aromatic rings. The van der Waals surface area contributed by atoms with Crippen LogP contribution in [0.25, 0.3) is 0 Å². The first-order valence-corrected chi connectivity index (χ1v) is 14.7. The molecule has 0 aromatic carbocycles. The molecule has 194 valence electrons. The standard InChI is InChI=1S/C23H49NO6S2/c1-19(2)11-12-24(15-20(3,4)13-22(7,8)17-31(25,26)27)16-21(5,6)14-23(9,10)18-32(28,29)30/h19H,11-18H2,1-10H3,(H,25,26,27)(H,28,29,30). The van der Waals surface area contributed by atoms with Gasteiger partial charge in [-0.2, -0.15) is 16.8 Å². The van der Waals surface area contributed by atoms with Gasteiger partial charge in [-0.3, -0.25) is 9.11 Å². The first-order chi connectivity index (χ1) is 13.8. The van der Waals surface area contributed by atoms with Gasteiger partial charge in [0.05, 0.1) is 11.5 Å². The van der Waals surface area contributed by atoms with Crippen LogP contribution in [0, 0.1) is 27.6 Å². The zero-order valence-corrected chi connectivity index (χ0v) is 23.7. The number of hydrogen-bond acceptors (Lipinski definition) is 5. The van der Waals surface area contributed by atoms with Crippen LogP contribution in [0.2, 0.25) is 0 Å². The van der Waals surface area contributed by atoms with Crippen molar-refractivity contribution in [2.24, 2.45) is 27.6 Å². The molecule has 32 heavy (non-hydrogen) atoms. The first kappa shape index (κ1) is 31.8. The minimum absolute atomic E-state index is 0.189. The van der Waals surface area contributed by atoms with Crippen LogP contribution in [0.1, 0.15) is 88.5 Å². The predicted octanol–water partition coefficient (Wildman–Crippen LogP) is 5.00. The maximum Gasteiger partial charge on any atom is 0.265 e.